The summed E-state index contributed by atoms with van der Waals surface area (Å²) >= 11 is 5.91. The number of amides is 1. The fourth-order valence-corrected chi connectivity index (χ4v) is 2.29. The average molecular weight is 335 g/mol. The summed E-state index contributed by atoms with van der Waals surface area (Å²) in [4.78, 5) is 17.5. The highest BCUT2D eigenvalue weighted by Crippen LogP contribution is 2.13. The first-order valence-corrected chi connectivity index (χ1v) is 7.61. The van der Waals surface area contributed by atoms with Gasteiger partial charge >= 0.3 is 0 Å². The normalized spacial score (nSPS) is 12.0. The predicted octanol–water partition coefficient (Wildman–Crippen LogP) is 2.38. The predicted molar refractivity (Wildman–Crippen MR) is 88.3 cm³/mol. The van der Waals surface area contributed by atoms with E-state index in [1.54, 1.807) is 19.2 Å². The second-order valence-electron chi connectivity index (χ2n) is 5.18. The van der Waals surface area contributed by atoms with Gasteiger partial charge in [0.15, 0.2) is 0 Å². The summed E-state index contributed by atoms with van der Waals surface area (Å²) in [6.07, 6.45) is 0.744. The largest absolute Gasteiger partial charge is 0.389 e. The van der Waals surface area contributed by atoms with E-state index in [2.05, 4.69) is 4.98 Å². The van der Waals surface area contributed by atoms with Gasteiger partial charge in [0.25, 0.3) is 5.91 Å². The monoisotopic (exact) mass is 334 g/mol. The van der Waals surface area contributed by atoms with Crippen molar-refractivity contribution in [1.82, 2.24) is 9.88 Å². The van der Waals surface area contributed by atoms with Gasteiger partial charge in [-0.05, 0) is 17.7 Å². The molecule has 0 fully saturated rings. The van der Waals surface area contributed by atoms with E-state index in [4.69, 9.17) is 16.3 Å². The van der Waals surface area contributed by atoms with E-state index < -0.39 is 6.10 Å². The molecule has 122 valence electrons. The molecular formula is C17H19ClN2O3. The number of aliphatic hydroxyl groups is 1. The Hall–Kier alpha value is -1.95. The van der Waals surface area contributed by atoms with Gasteiger partial charge in [0, 0.05) is 19.8 Å². The second-order valence-corrected chi connectivity index (χ2v) is 5.54. The number of likely N-dealkylation sites (N-methyl/N-ethyl adjacent to an activating group) is 1. The highest BCUT2D eigenvalue weighted by molar-refractivity contribution is 6.32. The average Bonchev–Trinajstić information content (AvgIpc) is 2.55. The Kier molecular flexibility index (Phi) is 6.52. The van der Waals surface area contributed by atoms with E-state index in [9.17, 15) is 9.90 Å². The van der Waals surface area contributed by atoms with Gasteiger partial charge in [-0.25, -0.2) is 4.98 Å². The highest BCUT2D eigenvalue weighted by Gasteiger charge is 2.18. The van der Waals surface area contributed by atoms with Gasteiger partial charge in [0.1, 0.15) is 5.15 Å². The van der Waals surface area contributed by atoms with Crippen LogP contribution in [-0.2, 0) is 11.3 Å². The van der Waals surface area contributed by atoms with E-state index in [1.165, 1.54) is 11.1 Å². The van der Waals surface area contributed by atoms with Crippen molar-refractivity contribution < 1.29 is 14.6 Å². The SMILES string of the molecule is CN(CC(O)COCc1ccccc1)C(=O)c1cccnc1Cl. The molecule has 0 bridgehead atoms. The van der Waals surface area contributed by atoms with Crippen LogP contribution in [0.25, 0.3) is 0 Å². The molecule has 2 aromatic rings. The molecular weight excluding hydrogens is 316 g/mol. The van der Waals surface area contributed by atoms with Crippen molar-refractivity contribution in [2.24, 2.45) is 0 Å². The molecule has 1 aromatic carbocycles. The van der Waals surface area contributed by atoms with Gasteiger partial charge in [-0.2, -0.15) is 0 Å². The number of carbonyl (C=O) groups is 1. The number of benzene rings is 1. The van der Waals surface area contributed by atoms with Crippen molar-refractivity contribution in [3.63, 3.8) is 0 Å². The van der Waals surface area contributed by atoms with E-state index in [0.29, 0.717) is 12.2 Å². The van der Waals surface area contributed by atoms with E-state index in [0.717, 1.165) is 5.56 Å². The van der Waals surface area contributed by atoms with Crippen LogP contribution >= 0.6 is 11.6 Å². The van der Waals surface area contributed by atoms with Crippen molar-refractivity contribution in [3.05, 3.63) is 64.9 Å². The van der Waals surface area contributed by atoms with Crippen molar-refractivity contribution in [2.75, 3.05) is 20.2 Å². The summed E-state index contributed by atoms with van der Waals surface area (Å²) in [5.41, 5.74) is 1.35. The summed E-state index contributed by atoms with van der Waals surface area (Å²) in [6.45, 7) is 0.718. The Morgan fingerprint density at radius 3 is 2.74 bits per heavy atom. The molecule has 1 heterocycles. The maximum Gasteiger partial charge on any atom is 0.256 e. The van der Waals surface area contributed by atoms with Crippen LogP contribution < -0.4 is 0 Å². The number of nitrogens with zero attached hydrogens (tertiary/aromatic N) is 2. The lowest BCUT2D eigenvalue weighted by Gasteiger charge is -2.21. The van der Waals surface area contributed by atoms with Gasteiger partial charge in [-0.3, -0.25) is 4.79 Å². The molecule has 0 aliphatic rings. The number of hydrogen-bond acceptors (Lipinski definition) is 4. The molecule has 0 radical (unpaired) electrons. The van der Waals surface area contributed by atoms with Gasteiger partial charge in [-0.15, -0.1) is 0 Å². The van der Waals surface area contributed by atoms with Crippen LogP contribution in [0.3, 0.4) is 0 Å². The van der Waals surface area contributed by atoms with E-state index in [1.807, 2.05) is 30.3 Å². The maximum atomic E-state index is 12.2. The highest BCUT2D eigenvalue weighted by atomic mass is 35.5. The molecule has 1 aromatic heterocycles. The third-order valence-corrected chi connectivity index (χ3v) is 3.54. The van der Waals surface area contributed by atoms with Gasteiger partial charge in [-0.1, -0.05) is 41.9 Å². The minimum Gasteiger partial charge on any atom is -0.389 e. The zero-order valence-corrected chi connectivity index (χ0v) is 13.6. The topological polar surface area (TPSA) is 62.7 Å². The molecule has 23 heavy (non-hydrogen) atoms. The summed E-state index contributed by atoms with van der Waals surface area (Å²) in [5, 5.41) is 10.1. The van der Waals surface area contributed by atoms with Gasteiger partial charge < -0.3 is 14.7 Å². The van der Waals surface area contributed by atoms with Crippen LogP contribution in [-0.4, -0.2) is 47.2 Å². The number of aliphatic hydroxyl groups excluding tert-OH is 1. The number of aromatic nitrogens is 1. The lowest BCUT2D eigenvalue weighted by atomic mass is 10.2. The molecule has 5 nitrogen and oxygen atoms in total. The molecule has 1 amide bonds. The smallest absolute Gasteiger partial charge is 0.256 e. The number of rotatable bonds is 7. The van der Waals surface area contributed by atoms with E-state index in [-0.39, 0.29) is 24.2 Å². The van der Waals surface area contributed by atoms with Crippen LogP contribution in [0.15, 0.2) is 48.7 Å². The number of pyridine rings is 1. The maximum absolute atomic E-state index is 12.2. The standard InChI is InChI=1S/C17H19ClN2O3/c1-20(17(22)15-8-5-9-19-16(15)18)10-14(21)12-23-11-13-6-3-2-4-7-13/h2-9,14,21H,10-12H2,1H3. The number of carbonyl (C=O) groups excluding carboxylic acids is 1. The third-order valence-electron chi connectivity index (χ3n) is 3.24. The quantitative estimate of drug-likeness (QED) is 0.790. The van der Waals surface area contributed by atoms with Crippen molar-refractivity contribution in [1.29, 1.82) is 0 Å². The van der Waals surface area contributed by atoms with Crippen LogP contribution in [0.1, 0.15) is 15.9 Å². The molecule has 1 unspecified atom stereocenters. The lowest BCUT2D eigenvalue weighted by Crippen LogP contribution is -2.36. The summed E-state index contributed by atoms with van der Waals surface area (Å²) < 4.78 is 5.47. The first-order valence-electron chi connectivity index (χ1n) is 7.23. The van der Waals surface area contributed by atoms with E-state index >= 15 is 0 Å². The van der Waals surface area contributed by atoms with Crippen molar-refractivity contribution in [3.8, 4) is 0 Å². The Labute approximate surface area is 140 Å². The molecule has 6 heteroatoms. The molecule has 2 rings (SSSR count). The second kappa shape index (κ2) is 8.62. The first kappa shape index (κ1) is 17.4. The molecule has 1 N–H and O–H groups in total. The van der Waals surface area contributed by atoms with Crippen LogP contribution in [0.2, 0.25) is 5.15 Å². The van der Waals surface area contributed by atoms with Crippen LogP contribution in [0, 0.1) is 0 Å². The number of halogens is 1. The molecule has 1 atom stereocenters. The van der Waals surface area contributed by atoms with Gasteiger partial charge in [0.2, 0.25) is 0 Å². The minimum absolute atomic E-state index is 0.146. The Morgan fingerprint density at radius 1 is 1.30 bits per heavy atom. The summed E-state index contributed by atoms with van der Waals surface area (Å²) in [7, 11) is 1.60. The Morgan fingerprint density at radius 2 is 2.04 bits per heavy atom. The van der Waals surface area contributed by atoms with Gasteiger partial charge in [0.05, 0.1) is 24.9 Å². The van der Waals surface area contributed by atoms with Crippen molar-refractivity contribution in [2.45, 2.75) is 12.7 Å². The minimum atomic E-state index is -0.775. The van der Waals surface area contributed by atoms with Crippen LogP contribution in [0.5, 0.6) is 0 Å². The fourth-order valence-electron chi connectivity index (χ4n) is 2.09. The molecule has 0 saturated heterocycles. The molecule has 0 aliphatic carbocycles. The summed E-state index contributed by atoms with van der Waals surface area (Å²) in [5.74, 6) is -0.287. The summed E-state index contributed by atoms with van der Waals surface area (Å²) in [6, 6.07) is 12.9. The Balaban J connectivity index is 1.79. The first-order chi connectivity index (χ1) is 11.1. The number of ether oxygens (including phenoxy) is 1. The lowest BCUT2D eigenvalue weighted by molar-refractivity contribution is 0.0137. The molecule has 0 aliphatic heterocycles. The van der Waals surface area contributed by atoms with Crippen LogP contribution in [0.4, 0.5) is 0 Å². The number of hydrogen-bond donors (Lipinski definition) is 1. The fraction of sp³-hybridized carbons (Fsp3) is 0.294. The zero-order valence-electron chi connectivity index (χ0n) is 12.9. The molecule has 0 saturated carbocycles. The third kappa shape index (κ3) is 5.32. The Bertz CT molecular complexity index is 637. The molecule has 0 spiro atoms. The van der Waals surface area contributed by atoms with Crippen molar-refractivity contribution >= 4 is 17.5 Å². The zero-order chi connectivity index (χ0) is 16.7.